The normalized spacial score (nSPS) is 15.5. The van der Waals surface area contributed by atoms with Crippen molar-refractivity contribution in [2.75, 3.05) is 17.2 Å². The summed E-state index contributed by atoms with van der Waals surface area (Å²) in [5.41, 5.74) is 2.83. The lowest BCUT2D eigenvalue weighted by Crippen LogP contribution is -2.10. The van der Waals surface area contributed by atoms with E-state index in [0.717, 1.165) is 24.6 Å². The highest BCUT2D eigenvalue weighted by Crippen LogP contribution is 2.21. The molecule has 0 saturated heterocycles. The van der Waals surface area contributed by atoms with E-state index in [1.807, 2.05) is 12.1 Å². The van der Waals surface area contributed by atoms with E-state index >= 15 is 0 Å². The molecule has 4 nitrogen and oxygen atoms in total. The maximum Gasteiger partial charge on any atom is 0.131 e. The van der Waals surface area contributed by atoms with Gasteiger partial charge in [-0.15, -0.1) is 0 Å². The molecule has 2 aromatic rings. The molecule has 24 heavy (non-hydrogen) atoms. The molecule has 0 bridgehead atoms. The molecule has 3 rings (SSSR count). The number of allylic oxidation sites excluding steroid dienone is 1. The third kappa shape index (κ3) is 4.82. The summed E-state index contributed by atoms with van der Waals surface area (Å²) >= 11 is 0. The standard InChI is InChI=1S/C20H26N4/c1-16(18-10-6-3-7-11-18)24-20-14-19(22-15-23-20)21-13-12-17-8-4-2-5-9-17/h3,6-8,10-11,14-16H,2,4-5,9,12-13H2,1H3,(H2,21,22,23,24). The zero-order valence-corrected chi connectivity index (χ0v) is 14.3. The molecule has 1 unspecified atom stereocenters. The van der Waals surface area contributed by atoms with Gasteiger partial charge in [-0.05, 0) is 44.6 Å². The Bertz CT molecular complexity index is 666. The van der Waals surface area contributed by atoms with Gasteiger partial charge in [0.15, 0.2) is 0 Å². The van der Waals surface area contributed by atoms with Crippen molar-refractivity contribution in [2.45, 2.75) is 45.1 Å². The zero-order valence-electron chi connectivity index (χ0n) is 14.3. The lowest BCUT2D eigenvalue weighted by Gasteiger charge is -2.16. The van der Waals surface area contributed by atoms with Gasteiger partial charge in [-0.2, -0.15) is 0 Å². The van der Waals surface area contributed by atoms with E-state index in [0.29, 0.717) is 0 Å². The average Bonchev–Trinajstić information content (AvgIpc) is 2.64. The highest BCUT2D eigenvalue weighted by atomic mass is 15.1. The predicted octanol–water partition coefficient (Wildman–Crippen LogP) is 4.95. The van der Waals surface area contributed by atoms with Crippen LogP contribution in [0.2, 0.25) is 0 Å². The highest BCUT2D eigenvalue weighted by molar-refractivity contribution is 5.47. The van der Waals surface area contributed by atoms with E-state index in [1.165, 1.54) is 31.2 Å². The molecule has 126 valence electrons. The number of hydrogen-bond donors (Lipinski definition) is 2. The van der Waals surface area contributed by atoms with Crippen molar-refractivity contribution in [3.63, 3.8) is 0 Å². The molecule has 0 spiro atoms. The van der Waals surface area contributed by atoms with Crippen LogP contribution in [0.3, 0.4) is 0 Å². The van der Waals surface area contributed by atoms with Crippen molar-refractivity contribution in [3.05, 3.63) is 59.9 Å². The van der Waals surface area contributed by atoms with Gasteiger partial charge in [0.2, 0.25) is 0 Å². The van der Waals surface area contributed by atoms with Crippen LogP contribution in [-0.4, -0.2) is 16.5 Å². The van der Waals surface area contributed by atoms with Crippen LogP contribution < -0.4 is 10.6 Å². The molecule has 2 N–H and O–H groups in total. The van der Waals surface area contributed by atoms with Crippen LogP contribution in [0.4, 0.5) is 11.6 Å². The number of nitrogens with zero attached hydrogens (tertiary/aromatic N) is 2. The van der Waals surface area contributed by atoms with Gasteiger partial charge in [0.25, 0.3) is 0 Å². The Labute approximate surface area is 144 Å². The minimum absolute atomic E-state index is 0.210. The fourth-order valence-electron chi connectivity index (χ4n) is 3.06. The molecule has 1 aromatic carbocycles. The molecule has 0 amide bonds. The number of anilines is 2. The van der Waals surface area contributed by atoms with E-state index in [1.54, 1.807) is 11.9 Å². The minimum atomic E-state index is 0.210. The summed E-state index contributed by atoms with van der Waals surface area (Å²) < 4.78 is 0. The van der Waals surface area contributed by atoms with Crippen LogP contribution in [0.15, 0.2) is 54.4 Å². The number of aromatic nitrogens is 2. The van der Waals surface area contributed by atoms with Crippen LogP contribution in [0.5, 0.6) is 0 Å². The Kier molecular flexibility index (Phi) is 5.83. The fraction of sp³-hybridized carbons (Fsp3) is 0.400. The van der Waals surface area contributed by atoms with Gasteiger partial charge in [-0.25, -0.2) is 9.97 Å². The Morgan fingerprint density at radius 3 is 2.71 bits per heavy atom. The molecule has 1 atom stereocenters. The number of nitrogens with one attached hydrogen (secondary N) is 2. The third-order valence-corrected chi connectivity index (χ3v) is 4.47. The van der Waals surface area contributed by atoms with Crippen molar-refractivity contribution < 1.29 is 0 Å². The van der Waals surface area contributed by atoms with Crippen LogP contribution in [-0.2, 0) is 0 Å². The van der Waals surface area contributed by atoms with E-state index in [-0.39, 0.29) is 6.04 Å². The molecule has 1 aromatic heterocycles. The van der Waals surface area contributed by atoms with Crippen molar-refractivity contribution in [3.8, 4) is 0 Å². The van der Waals surface area contributed by atoms with Crippen LogP contribution in [0.1, 0.15) is 50.6 Å². The maximum absolute atomic E-state index is 4.33. The molecule has 0 saturated carbocycles. The molecule has 0 radical (unpaired) electrons. The molecule has 1 aliphatic rings. The Balaban J connectivity index is 1.53. The topological polar surface area (TPSA) is 49.8 Å². The van der Waals surface area contributed by atoms with E-state index in [4.69, 9.17) is 0 Å². The SMILES string of the molecule is CC(Nc1cc(NCCC2=CCCCC2)ncn1)c1ccccc1. The second kappa shape index (κ2) is 8.48. The average molecular weight is 322 g/mol. The largest absolute Gasteiger partial charge is 0.370 e. The van der Waals surface area contributed by atoms with Crippen molar-refractivity contribution >= 4 is 11.6 Å². The Morgan fingerprint density at radius 2 is 1.92 bits per heavy atom. The van der Waals surface area contributed by atoms with Crippen molar-refractivity contribution in [1.82, 2.24) is 9.97 Å². The quantitative estimate of drug-likeness (QED) is 0.708. The van der Waals surface area contributed by atoms with Gasteiger partial charge in [0.05, 0.1) is 0 Å². The van der Waals surface area contributed by atoms with Gasteiger partial charge in [-0.3, -0.25) is 0 Å². The number of benzene rings is 1. The number of hydrogen-bond acceptors (Lipinski definition) is 4. The summed E-state index contributed by atoms with van der Waals surface area (Å²) in [6.07, 6.45) is 10.3. The van der Waals surface area contributed by atoms with Gasteiger partial charge in [0.1, 0.15) is 18.0 Å². The molecule has 0 aliphatic heterocycles. The summed E-state index contributed by atoms with van der Waals surface area (Å²) in [6.45, 7) is 3.07. The lowest BCUT2D eigenvalue weighted by molar-refractivity contribution is 0.679. The van der Waals surface area contributed by atoms with Crippen LogP contribution in [0.25, 0.3) is 0 Å². The molecule has 1 aliphatic carbocycles. The van der Waals surface area contributed by atoms with Gasteiger partial charge < -0.3 is 10.6 Å². The molecule has 4 heteroatoms. The van der Waals surface area contributed by atoms with Crippen molar-refractivity contribution in [2.24, 2.45) is 0 Å². The predicted molar refractivity (Wildman–Crippen MR) is 100 cm³/mol. The first-order valence-electron chi connectivity index (χ1n) is 8.86. The summed E-state index contributed by atoms with van der Waals surface area (Å²) in [4.78, 5) is 8.65. The molecule has 0 fully saturated rings. The monoisotopic (exact) mass is 322 g/mol. The number of rotatable bonds is 7. The summed E-state index contributed by atoms with van der Waals surface area (Å²) in [7, 11) is 0. The Morgan fingerprint density at radius 1 is 1.08 bits per heavy atom. The first kappa shape index (κ1) is 16.5. The Hall–Kier alpha value is -2.36. The van der Waals surface area contributed by atoms with Crippen LogP contribution >= 0.6 is 0 Å². The summed E-state index contributed by atoms with van der Waals surface area (Å²) in [5.74, 6) is 1.73. The molecule has 1 heterocycles. The van der Waals surface area contributed by atoms with E-state index < -0.39 is 0 Å². The smallest absolute Gasteiger partial charge is 0.131 e. The van der Waals surface area contributed by atoms with Crippen LogP contribution in [0, 0.1) is 0 Å². The van der Waals surface area contributed by atoms with Crippen molar-refractivity contribution in [1.29, 1.82) is 0 Å². The van der Waals surface area contributed by atoms with Gasteiger partial charge in [0, 0.05) is 18.7 Å². The zero-order chi connectivity index (χ0) is 16.6. The summed E-state index contributed by atoms with van der Waals surface area (Å²) in [5, 5.41) is 6.85. The van der Waals surface area contributed by atoms with Gasteiger partial charge in [-0.1, -0.05) is 42.0 Å². The second-order valence-corrected chi connectivity index (χ2v) is 6.35. The minimum Gasteiger partial charge on any atom is -0.370 e. The first-order valence-corrected chi connectivity index (χ1v) is 8.86. The van der Waals surface area contributed by atoms with E-state index in [9.17, 15) is 0 Å². The molecular formula is C20H26N4. The third-order valence-electron chi connectivity index (χ3n) is 4.47. The lowest BCUT2D eigenvalue weighted by atomic mass is 9.97. The maximum atomic E-state index is 4.33. The fourth-order valence-corrected chi connectivity index (χ4v) is 3.06. The summed E-state index contributed by atoms with van der Waals surface area (Å²) in [6, 6.07) is 12.6. The molecular weight excluding hydrogens is 296 g/mol. The second-order valence-electron chi connectivity index (χ2n) is 6.35. The highest BCUT2D eigenvalue weighted by Gasteiger charge is 2.07. The van der Waals surface area contributed by atoms with Gasteiger partial charge >= 0.3 is 0 Å². The first-order chi connectivity index (χ1) is 11.8. The van der Waals surface area contributed by atoms with E-state index in [2.05, 4.69) is 57.9 Å².